The van der Waals surface area contributed by atoms with E-state index in [0.717, 1.165) is 16.8 Å². The topological polar surface area (TPSA) is 86.9 Å². The van der Waals surface area contributed by atoms with Gasteiger partial charge >= 0.3 is 0 Å². The van der Waals surface area contributed by atoms with Crippen molar-refractivity contribution in [3.05, 3.63) is 40.6 Å². The van der Waals surface area contributed by atoms with Crippen LogP contribution in [0.1, 0.15) is 22.4 Å². The number of hydrogen-bond donors (Lipinski definition) is 3. The third-order valence-corrected chi connectivity index (χ3v) is 4.61. The quantitative estimate of drug-likeness (QED) is 0.787. The summed E-state index contributed by atoms with van der Waals surface area (Å²) in [5.41, 5.74) is 3.92. The molecule has 6 nitrogen and oxygen atoms in total. The van der Waals surface area contributed by atoms with Gasteiger partial charge in [-0.15, -0.1) is 0 Å². The van der Waals surface area contributed by atoms with E-state index >= 15 is 0 Å². The molecule has 2 aromatic rings. The number of aromatic amines is 1. The molecule has 7 heteroatoms. The van der Waals surface area contributed by atoms with Crippen molar-refractivity contribution in [3.63, 3.8) is 0 Å². The van der Waals surface area contributed by atoms with Gasteiger partial charge in [0, 0.05) is 17.8 Å². The summed E-state index contributed by atoms with van der Waals surface area (Å²) in [6.07, 6.45) is 0. The van der Waals surface area contributed by atoms with E-state index in [0.29, 0.717) is 17.8 Å². The SMILES string of the molecule is CNCc1c(S(=O)(=O)Nc2ccc(C)cc2C)n[nH]c1C. The highest BCUT2D eigenvalue weighted by molar-refractivity contribution is 7.92. The highest BCUT2D eigenvalue weighted by atomic mass is 32.2. The Labute approximate surface area is 125 Å². The number of nitrogens with zero attached hydrogens (tertiary/aromatic N) is 1. The summed E-state index contributed by atoms with van der Waals surface area (Å²) < 4.78 is 27.7. The molecule has 114 valence electrons. The van der Waals surface area contributed by atoms with Crippen LogP contribution in [0.25, 0.3) is 0 Å². The number of aryl methyl sites for hydroxylation is 3. The lowest BCUT2D eigenvalue weighted by Gasteiger charge is -2.11. The summed E-state index contributed by atoms with van der Waals surface area (Å²) >= 11 is 0. The molecule has 3 N–H and O–H groups in total. The maximum atomic E-state index is 12.5. The molecule has 0 bridgehead atoms. The minimum absolute atomic E-state index is 0.0364. The zero-order valence-corrected chi connectivity index (χ0v) is 13.4. The Bertz CT molecular complexity index is 750. The fourth-order valence-electron chi connectivity index (χ4n) is 2.16. The molecule has 0 amide bonds. The first kappa shape index (κ1) is 15.5. The number of H-pyrrole nitrogens is 1. The van der Waals surface area contributed by atoms with Gasteiger partial charge in [-0.1, -0.05) is 17.7 Å². The second kappa shape index (κ2) is 5.87. The van der Waals surface area contributed by atoms with Gasteiger partial charge in [-0.3, -0.25) is 9.82 Å². The van der Waals surface area contributed by atoms with Crippen LogP contribution in [0.3, 0.4) is 0 Å². The molecule has 0 saturated heterocycles. The Hall–Kier alpha value is -1.86. The molecule has 2 rings (SSSR count). The number of aromatic nitrogens is 2. The molecule has 0 aliphatic rings. The predicted molar refractivity (Wildman–Crippen MR) is 82.8 cm³/mol. The van der Waals surface area contributed by atoms with Gasteiger partial charge in [0.2, 0.25) is 5.03 Å². The normalized spacial score (nSPS) is 11.6. The molecule has 0 radical (unpaired) electrons. The van der Waals surface area contributed by atoms with Crippen molar-refractivity contribution < 1.29 is 8.42 Å². The summed E-state index contributed by atoms with van der Waals surface area (Å²) in [5, 5.41) is 9.65. The van der Waals surface area contributed by atoms with Crippen molar-refractivity contribution in [1.29, 1.82) is 0 Å². The molecule has 0 atom stereocenters. The van der Waals surface area contributed by atoms with Gasteiger partial charge in [-0.05, 0) is 39.4 Å². The van der Waals surface area contributed by atoms with Crippen LogP contribution in [0.4, 0.5) is 5.69 Å². The summed E-state index contributed by atoms with van der Waals surface area (Å²) in [6.45, 7) is 6.07. The number of sulfonamides is 1. The molecule has 1 aromatic carbocycles. The van der Waals surface area contributed by atoms with Crippen molar-refractivity contribution in [2.75, 3.05) is 11.8 Å². The average Bonchev–Trinajstić information content (AvgIpc) is 2.76. The Morgan fingerprint density at radius 2 is 1.95 bits per heavy atom. The first-order valence-electron chi connectivity index (χ1n) is 6.63. The summed E-state index contributed by atoms with van der Waals surface area (Å²) in [4.78, 5) is 0. The van der Waals surface area contributed by atoms with E-state index in [1.165, 1.54) is 0 Å². The average molecular weight is 308 g/mol. The highest BCUT2D eigenvalue weighted by Crippen LogP contribution is 2.22. The van der Waals surface area contributed by atoms with E-state index in [9.17, 15) is 8.42 Å². The first-order chi connectivity index (χ1) is 9.85. The second-order valence-electron chi connectivity index (χ2n) is 5.09. The molecular formula is C14H20N4O2S. The van der Waals surface area contributed by atoms with E-state index in [4.69, 9.17) is 0 Å². The fourth-order valence-corrected chi connectivity index (χ4v) is 3.49. The van der Waals surface area contributed by atoms with Crippen molar-refractivity contribution >= 4 is 15.7 Å². The third-order valence-electron chi connectivity index (χ3n) is 3.27. The molecule has 0 spiro atoms. The van der Waals surface area contributed by atoms with Gasteiger partial charge in [-0.25, -0.2) is 0 Å². The molecule has 0 saturated carbocycles. The number of anilines is 1. The van der Waals surface area contributed by atoms with Crippen molar-refractivity contribution in [2.45, 2.75) is 32.3 Å². The third kappa shape index (κ3) is 3.25. The second-order valence-corrected chi connectivity index (χ2v) is 6.68. The van der Waals surface area contributed by atoms with Crippen molar-refractivity contribution in [3.8, 4) is 0 Å². The van der Waals surface area contributed by atoms with Crippen LogP contribution in [0, 0.1) is 20.8 Å². The summed E-state index contributed by atoms with van der Waals surface area (Å²) in [7, 11) is -1.95. The number of benzene rings is 1. The van der Waals surface area contributed by atoms with Crippen LogP contribution in [-0.2, 0) is 16.6 Å². The van der Waals surface area contributed by atoms with Crippen LogP contribution < -0.4 is 10.0 Å². The summed E-state index contributed by atoms with van der Waals surface area (Å²) in [5.74, 6) is 0. The Kier molecular flexibility index (Phi) is 4.34. The molecule has 0 unspecified atom stereocenters. The van der Waals surface area contributed by atoms with Crippen LogP contribution in [0.2, 0.25) is 0 Å². The maximum Gasteiger partial charge on any atom is 0.281 e. The predicted octanol–water partition coefficient (Wildman–Crippen LogP) is 1.86. The number of rotatable bonds is 5. The molecule has 21 heavy (non-hydrogen) atoms. The first-order valence-corrected chi connectivity index (χ1v) is 8.12. The fraction of sp³-hybridized carbons (Fsp3) is 0.357. The Balaban J connectivity index is 2.39. The zero-order chi connectivity index (χ0) is 15.6. The van der Waals surface area contributed by atoms with Crippen LogP contribution in [0.5, 0.6) is 0 Å². The summed E-state index contributed by atoms with van der Waals surface area (Å²) in [6, 6.07) is 5.57. The number of hydrogen-bond acceptors (Lipinski definition) is 4. The van der Waals surface area contributed by atoms with E-state index in [-0.39, 0.29) is 5.03 Å². The Morgan fingerprint density at radius 1 is 1.24 bits per heavy atom. The zero-order valence-electron chi connectivity index (χ0n) is 12.6. The van der Waals surface area contributed by atoms with Crippen molar-refractivity contribution in [2.24, 2.45) is 0 Å². The molecular weight excluding hydrogens is 288 g/mol. The molecule has 0 aliphatic heterocycles. The minimum atomic E-state index is -3.71. The molecule has 0 aliphatic carbocycles. The largest absolute Gasteiger partial charge is 0.316 e. The molecule has 1 heterocycles. The monoisotopic (exact) mass is 308 g/mol. The Morgan fingerprint density at radius 3 is 2.57 bits per heavy atom. The van der Waals surface area contributed by atoms with E-state index in [1.54, 1.807) is 20.0 Å². The van der Waals surface area contributed by atoms with E-state index in [2.05, 4.69) is 20.2 Å². The van der Waals surface area contributed by atoms with Gasteiger partial charge < -0.3 is 5.32 Å². The van der Waals surface area contributed by atoms with Gasteiger partial charge in [-0.2, -0.15) is 13.5 Å². The maximum absolute atomic E-state index is 12.5. The minimum Gasteiger partial charge on any atom is -0.316 e. The molecule has 1 aromatic heterocycles. The highest BCUT2D eigenvalue weighted by Gasteiger charge is 2.24. The van der Waals surface area contributed by atoms with Gasteiger partial charge in [0.1, 0.15) is 0 Å². The number of nitrogens with one attached hydrogen (secondary N) is 3. The van der Waals surface area contributed by atoms with Crippen LogP contribution in [-0.4, -0.2) is 25.7 Å². The molecule has 0 fully saturated rings. The van der Waals surface area contributed by atoms with E-state index < -0.39 is 10.0 Å². The van der Waals surface area contributed by atoms with E-state index in [1.807, 2.05) is 26.0 Å². The standard InChI is InChI=1S/C14H20N4O2S/c1-9-5-6-13(10(2)7-9)18-21(19,20)14-12(8-15-4)11(3)16-17-14/h5-7,15,18H,8H2,1-4H3,(H,16,17). The van der Waals surface area contributed by atoms with Gasteiger partial charge in [0.25, 0.3) is 10.0 Å². The van der Waals surface area contributed by atoms with Crippen molar-refractivity contribution in [1.82, 2.24) is 15.5 Å². The lowest BCUT2D eigenvalue weighted by molar-refractivity contribution is 0.595. The van der Waals surface area contributed by atoms with Crippen LogP contribution >= 0.6 is 0 Å². The van der Waals surface area contributed by atoms with Gasteiger partial charge in [0.15, 0.2) is 0 Å². The lowest BCUT2D eigenvalue weighted by Crippen LogP contribution is -2.18. The van der Waals surface area contributed by atoms with Gasteiger partial charge in [0.05, 0.1) is 5.69 Å². The smallest absolute Gasteiger partial charge is 0.281 e. The van der Waals surface area contributed by atoms with Crippen LogP contribution in [0.15, 0.2) is 23.2 Å². The lowest BCUT2D eigenvalue weighted by atomic mass is 10.1.